The van der Waals surface area contributed by atoms with Gasteiger partial charge in [0.05, 0.1) is 0 Å². The maximum atomic E-state index is 2.61. The van der Waals surface area contributed by atoms with E-state index in [1.807, 2.05) is 0 Å². The zero-order valence-electron chi connectivity index (χ0n) is 10.3. The number of likely N-dealkylation sites (tertiary alicyclic amines) is 1. The van der Waals surface area contributed by atoms with Crippen molar-refractivity contribution >= 4 is 16.5 Å². The van der Waals surface area contributed by atoms with Crippen LogP contribution < -0.4 is 0 Å². The molecule has 0 bridgehead atoms. The van der Waals surface area contributed by atoms with E-state index in [0.717, 1.165) is 0 Å². The van der Waals surface area contributed by atoms with Crippen molar-refractivity contribution < 1.29 is 0 Å². The van der Waals surface area contributed by atoms with Gasteiger partial charge in [-0.1, -0.05) is 0 Å². The van der Waals surface area contributed by atoms with Crippen LogP contribution in [0.15, 0.2) is 0 Å². The van der Waals surface area contributed by atoms with Crippen molar-refractivity contribution in [3.05, 3.63) is 0 Å². The quantitative estimate of drug-likeness (QED) is 0.644. The molecule has 1 fully saturated rings. The molecule has 14 heavy (non-hydrogen) atoms. The lowest BCUT2D eigenvalue weighted by molar-refractivity contribution is 0.239. The number of hydrogen-bond donors (Lipinski definition) is 0. The summed E-state index contributed by atoms with van der Waals surface area (Å²) < 4.78 is 2.59. The maximum absolute atomic E-state index is 2.61. The van der Waals surface area contributed by atoms with Gasteiger partial charge < -0.3 is 8.78 Å². The molecule has 0 unspecified atom stereocenters. The van der Waals surface area contributed by atoms with Gasteiger partial charge in [-0.2, -0.15) is 0 Å². The highest BCUT2D eigenvalue weighted by atomic mass is 27.1. The molecular formula is C11H25AlN2. The van der Waals surface area contributed by atoms with E-state index in [1.54, 1.807) is 0 Å². The van der Waals surface area contributed by atoms with Crippen LogP contribution in [0, 0.1) is 0 Å². The van der Waals surface area contributed by atoms with Gasteiger partial charge in [-0.3, -0.25) is 0 Å². The van der Waals surface area contributed by atoms with E-state index in [1.165, 1.54) is 62.0 Å². The molecule has 3 heteroatoms. The van der Waals surface area contributed by atoms with Crippen molar-refractivity contribution in [1.29, 1.82) is 0 Å². The third kappa shape index (κ3) is 4.32. The lowest BCUT2D eigenvalue weighted by atomic mass is 10.1. The van der Waals surface area contributed by atoms with Crippen LogP contribution in [0.1, 0.15) is 40.0 Å². The van der Waals surface area contributed by atoms with Gasteiger partial charge in [0.1, 0.15) is 0 Å². The summed E-state index contributed by atoms with van der Waals surface area (Å²) in [5.74, 6) is 0. The van der Waals surface area contributed by atoms with E-state index in [0.29, 0.717) is 5.54 Å². The molecule has 0 spiro atoms. The van der Waals surface area contributed by atoms with Crippen molar-refractivity contribution in [3.8, 4) is 0 Å². The highest BCUT2D eigenvalue weighted by Crippen LogP contribution is 2.11. The molecular weight excluding hydrogens is 187 g/mol. The zero-order chi connectivity index (χ0) is 10.6. The highest BCUT2D eigenvalue weighted by Gasteiger charge is 2.16. The first-order chi connectivity index (χ1) is 6.50. The van der Waals surface area contributed by atoms with Crippen molar-refractivity contribution in [2.75, 3.05) is 26.2 Å². The van der Waals surface area contributed by atoms with Crippen molar-refractivity contribution in [2.45, 2.75) is 45.6 Å². The molecule has 1 heterocycles. The Morgan fingerprint density at radius 3 is 2.29 bits per heavy atom. The van der Waals surface area contributed by atoms with Crippen LogP contribution in [0.3, 0.4) is 0 Å². The van der Waals surface area contributed by atoms with Crippen molar-refractivity contribution in [1.82, 2.24) is 8.78 Å². The third-order valence-electron chi connectivity index (χ3n) is 3.31. The summed E-state index contributed by atoms with van der Waals surface area (Å²) in [5, 5.41) is 0. The Bertz CT molecular complexity index is 159. The normalized spacial score (nSPS) is 19.4. The Kier molecular flexibility index (Phi) is 4.93. The van der Waals surface area contributed by atoms with Gasteiger partial charge in [0.25, 0.3) is 0 Å². The van der Waals surface area contributed by atoms with Gasteiger partial charge >= 0.3 is 16.5 Å². The molecule has 1 rings (SSSR count). The van der Waals surface area contributed by atoms with Crippen LogP contribution in [0.25, 0.3) is 0 Å². The Morgan fingerprint density at radius 1 is 1.21 bits per heavy atom. The van der Waals surface area contributed by atoms with Gasteiger partial charge in [-0.15, -0.1) is 0 Å². The molecule has 0 N–H and O–H groups in total. The molecule has 2 nitrogen and oxygen atoms in total. The fraction of sp³-hybridized carbons (Fsp3) is 1.00. The summed E-state index contributed by atoms with van der Waals surface area (Å²) >= 11 is 1.19. The molecule has 1 aliphatic heterocycles. The molecule has 0 aromatic rings. The second-order valence-corrected chi connectivity index (χ2v) is 6.57. The van der Waals surface area contributed by atoms with Crippen LogP contribution >= 0.6 is 0 Å². The Labute approximate surface area is 97.3 Å². The van der Waals surface area contributed by atoms with E-state index in [-0.39, 0.29) is 0 Å². The van der Waals surface area contributed by atoms with E-state index < -0.39 is 0 Å². The summed E-state index contributed by atoms with van der Waals surface area (Å²) in [7, 11) is 0. The van der Waals surface area contributed by atoms with E-state index in [9.17, 15) is 0 Å². The Morgan fingerprint density at radius 2 is 1.79 bits per heavy atom. The largest absolute Gasteiger partial charge is 0.386 e. The molecule has 0 aromatic heterocycles. The third-order valence-corrected chi connectivity index (χ3v) is 5.10. The van der Waals surface area contributed by atoms with E-state index in [4.69, 9.17) is 0 Å². The smallest absolute Gasteiger partial charge is 0.322 e. The lowest BCUT2D eigenvalue weighted by Crippen LogP contribution is -2.40. The Balaban J connectivity index is 2.08. The second-order valence-electron chi connectivity index (χ2n) is 5.49. The summed E-state index contributed by atoms with van der Waals surface area (Å²) in [6, 6.07) is 0. The maximum Gasteiger partial charge on any atom is 0.322 e. The predicted octanol–water partition coefficient (Wildman–Crippen LogP) is 1.12. The van der Waals surface area contributed by atoms with E-state index >= 15 is 0 Å². The molecule has 0 atom stereocenters. The van der Waals surface area contributed by atoms with Crippen LogP contribution in [-0.2, 0) is 0 Å². The predicted molar refractivity (Wildman–Crippen MR) is 65.3 cm³/mol. The summed E-state index contributed by atoms with van der Waals surface area (Å²) in [6.07, 6.45) is 4.19. The number of nitrogens with zero attached hydrogens (tertiary/aromatic N) is 2. The fourth-order valence-electron chi connectivity index (χ4n) is 1.87. The number of rotatable bonds is 4. The molecule has 0 saturated carbocycles. The van der Waals surface area contributed by atoms with Crippen LogP contribution in [0.5, 0.6) is 0 Å². The van der Waals surface area contributed by atoms with Gasteiger partial charge in [0.2, 0.25) is 0 Å². The topological polar surface area (TPSA) is 6.48 Å². The van der Waals surface area contributed by atoms with Crippen molar-refractivity contribution in [2.24, 2.45) is 0 Å². The zero-order valence-corrected chi connectivity index (χ0v) is 12.3. The van der Waals surface area contributed by atoms with Gasteiger partial charge in [-0.05, 0) is 71.8 Å². The first-order valence-electron chi connectivity index (χ1n) is 5.94. The minimum absolute atomic E-state index is 0.386. The van der Waals surface area contributed by atoms with Crippen LogP contribution in [0.4, 0.5) is 0 Å². The standard InChI is InChI=1S/C11H23N2.Al.2H/c1-11(2,3)12-7-6-10-13-8-4-5-9-13;;;/h4-10H2,1-3H3;;;/q-1;+1;;. The molecule has 1 saturated heterocycles. The second kappa shape index (κ2) is 5.51. The minimum Gasteiger partial charge on any atom is -0.386 e. The summed E-state index contributed by atoms with van der Waals surface area (Å²) in [5.41, 5.74) is 0.386. The van der Waals surface area contributed by atoms with Crippen LogP contribution in [-0.4, -0.2) is 57.0 Å². The van der Waals surface area contributed by atoms with Crippen molar-refractivity contribution in [3.63, 3.8) is 0 Å². The molecule has 1 aliphatic rings. The molecule has 0 radical (unpaired) electrons. The fourth-order valence-corrected chi connectivity index (χ4v) is 2.19. The summed E-state index contributed by atoms with van der Waals surface area (Å²) in [6.45, 7) is 12.2. The average Bonchev–Trinajstić information content (AvgIpc) is 2.55. The van der Waals surface area contributed by atoms with Crippen LogP contribution in [0.2, 0.25) is 0 Å². The summed E-state index contributed by atoms with van der Waals surface area (Å²) in [4.78, 5) is 2.61. The molecule has 82 valence electrons. The van der Waals surface area contributed by atoms with E-state index in [2.05, 4.69) is 29.6 Å². The van der Waals surface area contributed by atoms with Gasteiger partial charge in [0, 0.05) is 0 Å². The SMILES string of the molecule is CC(C)(C)[N]([AlH2])CCCN1CCCC1. The first-order valence-corrected chi connectivity index (χ1v) is 6.83. The molecule has 0 amide bonds. The van der Waals surface area contributed by atoms with Gasteiger partial charge in [0.15, 0.2) is 0 Å². The van der Waals surface area contributed by atoms with Gasteiger partial charge in [-0.25, -0.2) is 0 Å². The highest BCUT2D eigenvalue weighted by molar-refractivity contribution is 6.04. The Hall–Kier alpha value is 0.452. The lowest BCUT2D eigenvalue weighted by Gasteiger charge is -2.34. The minimum atomic E-state index is 0.386. The molecule has 0 aromatic carbocycles. The monoisotopic (exact) mass is 212 g/mol. The first kappa shape index (κ1) is 12.5. The average molecular weight is 212 g/mol. The molecule has 0 aliphatic carbocycles. The number of hydrogen-bond acceptors (Lipinski definition) is 2.